The van der Waals surface area contributed by atoms with Crippen LogP contribution in [0.25, 0.3) is 0 Å². The average molecular weight is 217 g/mol. The molecular formula is C13H15NO2. The van der Waals surface area contributed by atoms with Crippen molar-refractivity contribution in [1.29, 1.82) is 0 Å². The normalized spacial score (nSPS) is 12.4. The first-order valence-corrected chi connectivity index (χ1v) is 5.14. The van der Waals surface area contributed by atoms with E-state index in [2.05, 4.69) is 5.32 Å². The zero-order chi connectivity index (χ0) is 12.0. The minimum atomic E-state index is -0.294. The van der Waals surface area contributed by atoms with Crippen LogP contribution in [0.5, 0.6) is 0 Å². The van der Waals surface area contributed by atoms with Crippen LogP contribution in [0.3, 0.4) is 0 Å². The lowest BCUT2D eigenvalue weighted by molar-refractivity contribution is -0.122. The summed E-state index contributed by atoms with van der Waals surface area (Å²) in [6.45, 7) is 1.74. The van der Waals surface area contributed by atoms with E-state index in [1.807, 2.05) is 18.2 Å². The molecule has 84 valence electrons. The first kappa shape index (κ1) is 12.2. The number of hydrogen-bond donors (Lipinski definition) is 1. The van der Waals surface area contributed by atoms with E-state index in [0.29, 0.717) is 5.56 Å². The second kappa shape index (κ2) is 5.85. The summed E-state index contributed by atoms with van der Waals surface area (Å²) in [5.74, 6) is -0.480. The molecule has 3 nitrogen and oxygen atoms in total. The Bertz CT molecular complexity index is 396. The summed E-state index contributed by atoms with van der Waals surface area (Å²) < 4.78 is 0. The Hall–Kier alpha value is -1.90. The van der Waals surface area contributed by atoms with Crippen LogP contribution >= 0.6 is 0 Å². The monoisotopic (exact) mass is 217 g/mol. The first-order valence-electron chi connectivity index (χ1n) is 5.14. The summed E-state index contributed by atoms with van der Waals surface area (Å²) in [6.07, 6.45) is 3.05. The van der Waals surface area contributed by atoms with E-state index in [1.165, 1.54) is 6.08 Å². The highest BCUT2D eigenvalue weighted by atomic mass is 16.1. The Labute approximate surface area is 95.2 Å². The van der Waals surface area contributed by atoms with Gasteiger partial charge in [-0.3, -0.25) is 9.59 Å². The molecule has 0 radical (unpaired) electrons. The van der Waals surface area contributed by atoms with E-state index in [-0.39, 0.29) is 17.6 Å². The van der Waals surface area contributed by atoms with Gasteiger partial charge >= 0.3 is 0 Å². The van der Waals surface area contributed by atoms with Crippen LogP contribution in [-0.2, 0) is 4.79 Å². The highest BCUT2D eigenvalue weighted by Gasteiger charge is 2.07. The molecule has 1 aromatic rings. The Morgan fingerprint density at radius 3 is 2.44 bits per heavy atom. The van der Waals surface area contributed by atoms with Gasteiger partial charge in [0.25, 0.3) is 0 Å². The second-order valence-electron chi connectivity index (χ2n) is 3.49. The Balaban J connectivity index is 2.65. The van der Waals surface area contributed by atoms with Crippen molar-refractivity contribution >= 4 is 11.7 Å². The van der Waals surface area contributed by atoms with Gasteiger partial charge < -0.3 is 5.32 Å². The lowest BCUT2D eigenvalue weighted by atomic mass is 10.1. The molecule has 16 heavy (non-hydrogen) atoms. The molecule has 0 aliphatic carbocycles. The maximum absolute atomic E-state index is 11.6. The van der Waals surface area contributed by atoms with Gasteiger partial charge in [-0.15, -0.1) is 0 Å². The van der Waals surface area contributed by atoms with Gasteiger partial charge in [-0.05, 0) is 6.08 Å². The molecule has 1 rings (SSSR count). The van der Waals surface area contributed by atoms with Crippen LogP contribution in [0.1, 0.15) is 17.3 Å². The number of benzene rings is 1. The maximum Gasteiger partial charge on any atom is 0.226 e. The maximum atomic E-state index is 11.6. The highest BCUT2D eigenvalue weighted by Crippen LogP contribution is 2.03. The average Bonchev–Trinajstić information content (AvgIpc) is 2.35. The van der Waals surface area contributed by atoms with Crippen LogP contribution in [0, 0.1) is 5.92 Å². The number of allylic oxidation sites excluding steroid dienone is 1. The molecule has 0 aliphatic heterocycles. The molecular weight excluding hydrogens is 202 g/mol. The molecule has 0 fully saturated rings. The number of ketones is 1. The van der Waals surface area contributed by atoms with E-state index in [1.54, 1.807) is 32.2 Å². The lowest BCUT2D eigenvalue weighted by Gasteiger charge is -2.02. The van der Waals surface area contributed by atoms with E-state index in [0.717, 1.165) is 0 Å². The highest BCUT2D eigenvalue weighted by molar-refractivity contribution is 6.04. The first-order chi connectivity index (χ1) is 7.65. The van der Waals surface area contributed by atoms with Crippen LogP contribution in [0.2, 0.25) is 0 Å². The molecule has 1 N–H and O–H groups in total. The molecule has 0 saturated heterocycles. The van der Waals surface area contributed by atoms with Crippen molar-refractivity contribution in [2.75, 3.05) is 7.05 Å². The molecule has 0 aliphatic rings. The molecule has 0 bridgehead atoms. The van der Waals surface area contributed by atoms with Gasteiger partial charge in [-0.2, -0.15) is 0 Å². The molecule has 0 saturated carbocycles. The standard InChI is InChI=1S/C13H15NO2/c1-10(13(16)14-2)8-9-12(15)11-6-4-3-5-7-11/h3-10H,1-2H3,(H,14,16). The van der Waals surface area contributed by atoms with Crippen LogP contribution in [0.4, 0.5) is 0 Å². The largest absolute Gasteiger partial charge is 0.359 e. The topological polar surface area (TPSA) is 46.2 Å². The van der Waals surface area contributed by atoms with Crippen molar-refractivity contribution in [2.24, 2.45) is 5.92 Å². The SMILES string of the molecule is CNC(=O)C(C)C=CC(=O)c1ccccc1. The van der Waals surface area contributed by atoms with Crippen molar-refractivity contribution in [3.05, 3.63) is 48.0 Å². The lowest BCUT2D eigenvalue weighted by Crippen LogP contribution is -2.24. The molecule has 1 amide bonds. The zero-order valence-corrected chi connectivity index (χ0v) is 9.44. The van der Waals surface area contributed by atoms with E-state index < -0.39 is 0 Å². The van der Waals surface area contributed by atoms with Gasteiger partial charge in [-0.25, -0.2) is 0 Å². The molecule has 1 unspecified atom stereocenters. The van der Waals surface area contributed by atoms with Gasteiger partial charge in [0, 0.05) is 12.6 Å². The summed E-state index contributed by atoms with van der Waals surface area (Å²) in [4.78, 5) is 22.8. The summed E-state index contributed by atoms with van der Waals surface area (Å²) in [5, 5.41) is 2.53. The third-order valence-corrected chi connectivity index (χ3v) is 2.25. The van der Waals surface area contributed by atoms with Gasteiger partial charge in [-0.1, -0.05) is 43.3 Å². The van der Waals surface area contributed by atoms with Gasteiger partial charge in [0.15, 0.2) is 5.78 Å². The zero-order valence-electron chi connectivity index (χ0n) is 9.44. The fourth-order valence-electron chi connectivity index (χ4n) is 1.25. The number of hydrogen-bond acceptors (Lipinski definition) is 2. The van der Waals surface area contributed by atoms with Crippen molar-refractivity contribution in [2.45, 2.75) is 6.92 Å². The number of rotatable bonds is 4. The van der Waals surface area contributed by atoms with Gasteiger partial charge in [0.1, 0.15) is 0 Å². The molecule has 1 aromatic carbocycles. The van der Waals surface area contributed by atoms with Gasteiger partial charge in [0.05, 0.1) is 5.92 Å². The number of nitrogens with one attached hydrogen (secondary N) is 1. The predicted octanol–water partition coefficient (Wildman–Crippen LogP) is 1.81. The Kier molecular flexibility index (Phi) is 4.45. The van der Waals surface area contributed by atoms with E-state index in [9.17, 15) is 9.59 Å². The van der Waals surface area contributed by atoms with E-state index >= 15 is 0 Å². The van der Waals surface area contributed by atoms with Crippen molar-refractivity contribution in [1.82, 2.24) is 5.32 Å². The Morgan fingerprint density at radius 2 is 1.88 bits per heavy atom. The number of amides is 1. The summed E-state index contributed by atoms with van der Waals surface area (Å²) >= 11 is 0. The number of carbonyl (C=O) groups is 2. The third-order valence-electron chi connectivity index (χ3n) is 2.25. The van der Waals surface area contributed by atoms with Gasteiger partial charge in [0.2, 0.25) is 5.91 Å². The van der Waals surface area contributed by atoms with Crippen LogP contribution < -0.4 is 5.32 Å². The summed E-state index contributed by atoms with van der Waals surface area (Å²) in [7, 11) is 1.58. The van der Waals surface area contributed by atoms with Crippen LogP contribution in [0.15, 0.2) is 42.5 Å². The van der Waals surface area contributed by atoms with Crippen LogP contribution in [-0.4, -0.2) is 18.7 Å². The van der Waals surface area contributed by atoms with E-state index in [4.69, 9.17) is 0 Å². The molecule has 0 spiro atoms. The van der Waals surface area contributed by atoms with Crippen molar-refractivity contribution in [3.63, 3.8) is 0 Å². The minimum Gasteiger partial charge on any atom is -0.359 e. The fourth-order valence-corrected chi connectivity index (χ4v) is 1.25. The smallest absolute Gasteiger partial charge is 0.226 e. The molecule has 3 heteroatoms. The minimum absolute atomic E-state index is 0.0867. The predicted molar refractivity (Wildman–Crippen MR) is 63.1 cm³/mol. The quantitative estimate of drug-likeness (QED) is 0.617. The molecule has 0 aromatic heterocycles. The second-order valence-corrected chi connectivity index (χ2v) is 3.49. The third kappa shape index (κ3) is 3.35. The molecule has 0 heterocycles. The summed E-state index contributed by atoms with van der Waals surface area (Å²) in [5.41, 5.74) is 0.628. The number of carbonyl (C=O) groups excluding carboxylic acids is 2. The van der Waals surface area contributed by atoms with Crippen molar-refractivity contribution < 1.29 is 9.59 Å². The Morgan fingerprint density at radius 1 is 1.25 bits per heavy atom. The van der Waals surface area contributed by atoms with Crippen molar-refractivity contribution in [3.8, 4) is 0 Å². The molecule has 1 atom stereocenters. The summed E-state index contributed by atoms with van der Waals surface area (Å²) in [6, 6.07) is 8.97. The fraction of sp³-hybridized carbons (Fsp3) is 0.231.